The molecule has 1 aromatic carbocycles. The Hall–Kier alpha value is -1.30. The molecule has 6 heteroatoms. The van der Waals surface area contributed by atoms with E-state index >= 15 is 0 Å². The summed E-state index contributed by atoms with van der Waals surface area (Å²) in [6, 6.07) is 5.04. The smallest absolute Gasteiger partial charge is 0.238 e. The lowest BCUT2D eigenvalue weighted by molar-refractivity contribution is -0.117. The Morgan fingerprint density at radius 2 is 2.33 bits per heavy atom. The number of benzene rings is 1. The molecule has 0 spiro atoms. The number of likely N-dealkylation sites (N-methyl/N-ethyl adjacent to an activating group) is 1. The maximum Gasteiger partial charge on any atom is 0.238 e. The van der Waals surface area contributed by atoms with E-state index in [0.717, 1.165) is 26.0 Å². The summed E-state index contributed by atoms with van der Waals surface area (Å²) in [6.45, 7) is 1.90. The molecule has 0 aliphatic carbocycles. The first-order chi connectivity index (χ1) is 10.0. The van der Waals surface area contributed by atoms with Crippen molar-refractivity contribution in [1.82, 2.24) is 4.90 Å². The van der Waals surface area contributed by atoms with Crippen LogP contribution in [0.5, 0.6) is 0 Å². The van der Waals surface area contributed by atoms with Gasteiger partial charge in [0.1, 0.15) is 0 Å². The fraction of sp³-hybridized carbons (Fsp3) is 0.533. The number of hydrogen-bond acceptors (Lipinski definition) is 4. The normalized spacial score (nSPS) is 18.7. The van der Waals surface area contributed by atoms with Crippen molar-refractivity contribution in [2.24, 2.45) is 0 Å². The molecule has 1 aliphatic rings. The van der Waals surface area contributed by atoms with E-state index in [2.05, 4.69) is 5.32 Å². The molecule has 2 rings (SSSR count). The van der Waals surface area contributed by atoms with E-state index in [0.29, 0.717) is 22.9 Å². The molecule has 3 N–H and O–H groups in total. The maximum absolute atomic E-state index is 12.0. The van der Waals surface area contributed by atoms with Crippen LogP contribution in [0.2, 0.25) is 5.02 Å². The highest BCUT2D eigenvalue weighted by Gasteiger charge is 2.17. The average molecular weight is 312 g/mol. The third-order valence-electron chi connectivity index (χ3n) is 3.47. The molecule has 0 aromatic heterocycles. The minimum atomic E-state index is -0.0972. The van der Waals surface area contributed by atoms with E-state index in [1.54, 1.807) is 18.2 Å². The molecule has 0 bridgehead atoms. The third kappa shape index (κ3) is 5.19. The molecule has 0 saturated carbocycles. The van der Waals surface area contributed by atoms with Crippen LogP contribution in [0.4, 0.5) is 11.4 Å². The summed E-state index contributed by atoms with van der Waals surface area (Å²) in [5.74, 6) is -0.0972. The number of nitrogen functional groups attached to an aromatic ring is 1. The summed E-state index contributed by atoms with van der Waals surface area (Å²) in [5.41, 5.74) is 6.78. The van der Waals surface area contributed by atoms with Crippen molar-refractivity contribution in [3.63, 3.8) is 0 Å². The van der Waals surface area contributed by atoms with Crippen LogP contribution in [0.15, 0.2) is 18.2 Å². The quantitative estimate of drug-likeness (QED) is 0.819. The molecule has 5 nitrogen and oxygen atoms in total. The lowest BCUT2D eigenvalue weighted by Crippen LogP contribution is -2.37. The van der Waals surface area contributed by atoms with Crippen LogP contribution in [-0.2, 0) is 9.53 Å². The molecular formula is C15H22ClN3O2. The fourth-order valence-electron chi connectivity index (χ4n) is 2.43. The second-order valence-electron chi connectivity index (χ2n) is 5.47. The summed E-state index contributed by atoms with van der Waals surface area (Å²) < 4.78 is 5.67. The number of halogens is 1. The van der Waals surface area contributed by atoms with E-state index in [4.69, 9.17) is 22.1 Å². The largest absolute Gasteiger partial charge is 0.399 e. The molecule has 1 aliphatic heterocycles. The number of nitrogens with two attached hydrogens (primary N) is 1. The van der Waals surface area contributed by atoms with Gasteiger partial charge in [-0.1, -0.05) is 11.6 Å². The van der Waals surface area contributed by atoms with Gasteiger partial charge in [0.15, 0.2) is 0 Å². The molecule has 1 amide bonds. The minimum Gasteiger partial charge on any atom is -0.399 e. The van der Waals surface area contributed by atoms with Gasteiger partial charge in [-0.25, -0.2) is 0 Å². The van der Waals surface area contributed by atoms with Crippen molar-refractivity contribution >= 4 is 28.9 Å². The number of hydrogen-bond donors (Lipinski definition) is 2. The van der Waals surface area contributed by atoms with Gasteiger partial charge in [0.25, 0.3) is 0 Å². The molecule has 1 atom stereocenters. The van der Waals surface area contributed by atoms with Crippen molar-refractivity contribution in [3.05, 3.63) is 23.2 Å². The molecule has 1 saturated heterocycles. The fourth-order valence-corrected chi connectivity index (χ4v) is 2.67. The van der Waals surface area contributed by atoms with Gasteiger partial charge in [-0.3, -0.25) is 9.69 Å². The van der Waals surface area contributed by atoms with Crippen LogP contribution in [0.3, 0.4) is 0 Å². The SMILES string of the molecule is CN(CC(=O)Nc1ccc(N)cc1Cl)CC1CCCCO1. The minimum absolute atomic E-state index is 0.0972. The van der Waals surface area contributed by atoms with E-state index in [1.165, 1.54) is 6.42 Å². The lowest BCUT2D eigenvalue weighted by atomic mass is 10.1. The second-order valence-corrected chi connectivity index (χ2v) is 5.88. The Morgan fingerprint density at radius 1 is 1.52 bits per heavy atom. The molecule has 1 unspecified atom stereocenters. The Balaban J connectivity index is 1.80. The standard InChI is InChI=1S/C15H22ClN3O2/c1-19(9-12-4-2-3-7-21-12)10-15(20)18-14-6-5-11(17)8-13(14)16/h5-6,8,12H,2-4,7,9-10,17H2,1H3,(H,18,20). The summed E-state index contributed by atoms with van der Waals surface area (Å²) in [6.07, 6.45) is 3.63. The number of ether oxygens (including phenoxy) is 1. The highest BCUT2D eigenvalue weighted by molar-refractivity contribution is 6.34. The first-order valence-corrected chi connectivity index (χ1v) is 7.57. The van der Waals surface area contributed by atoms with Crippen molar-refractivity contribution in [2.75, 3.05) is 37.8 Å². The van der Waals surface area contributed by atoms with E-state index in [9.17, 15) is 4.79 Å². The number of carbonyl (C=O) groups is 1. The predicted octanol–water partition coefficient (Wildman–Crippen LogP) is 2.36. The first kappa shape index (κ1) is 16.1. The lowest BCUT2D eigenvalue weighted by Gasteiger charge is -2.27. The highest BCUT2D eigenvalue weighted by atomic mass is 35.5. The molecule has 116 valence electrons. The van der Waals surface area contributed by atoms with Gasteiger partial charge in [0.05, 0.1) is 23.4 Å². The zero-order valence-electron chi connectivity index (χ0n) is 12.3. The summed E-state index contributed by atoms with van der Waals surface area (Å²) in [4.78, 5) is 14.0. The summed E-state index contributed by atoms with van der Waals surface area (Å²) in [5, 5.41) is 3.24. The molecule has 1 aromatic rings. The Morgan fingerprint density at radius 3 is 3.00 bits per heavy atom. The van der Waals surface area contributed by atoms with Crippen molar-refractivity contribution < 1.29 is 9.53 Å². The number of nitrogens with zero attached hydrogens (tertiary/aromatic N) is 1. The molecular weight excluding hydrogens is 290 g/mol. The van der Waals surface area contributed by atoms with Crippen LogP contribution < -0.4 is 11.1 Å². The monoisotopic (exact) mass is 311 g/mol. The van der Waals surface area contributed by atoms with E-state index < -0.39 is 0 Å². The zero-order valence-corrected chi connectivity index (χ0v) is 13.0. The van der Waals surface area contributed by atoms with Gasteiger partial charge < -0.3 is 15.8 Å². The Bertz CT molecular complexity index is 490. The maximum atomic E-state index is 12.0. The number of amides is 1. The van der Waals surface area contributed by atoms with Gasteiger partial charge >= 0.3 is 0 Å². The van der Waals surface area contributed by atoms with Crippen molar-refractivity contribution in [2.45, 2.75) is 25.4 Å². The third-order valence-corrected chi connectivity index (χ3v) is 3.78. The Kier molecular flexibility index (Phi) is 5.85. The molecule has 1 fully saturated rings. The number of carbonyl (C=O) groups excluding carboxylic acids is 1. The molecule has 21 heavy (non-hydrogen) atoms. The van der Waals surface area contributed by atoms with Gasteiger partial charge in [-0.2, -0.15) is 0 Å². The highest BCUT2D eigenvalue weighted by Crippen LogP contribution is 2.23. The summed E-state index contributed by atoms with van der Waals surface area (Å²) >= 11 is 6.04. The first-order valence-electron chi connectivity index (χ1n) is 7.19. The topological polar surface area (TPSA) is 67.6 Å². The van der Waals surface area contributed by atoms with Crippen LogP contribution in [0.25, 0.3) is 0 Å². The molecule has 0 radical (unpaired) electrons. The van der Waals surface area contributed by atoms with Gasteiger partial charge in [0.2, 0.25) is 5.91 Å². The van der Waals surface area contributed by atoms with Crippen LogP contribution in [0, 0.1) is 0 Å². The zero-order chi connectivity index (χ0) is 15.2. The Labute approximate surface area is 130 Å². The van der Waals surface area contributed by atoms with Gasteiger partial charge in [-0.15, -0.1) is 0 Å². The van der Waals surface area contributed by atoms with Crippen molar-refractivity contribution in [3.8, 4) is 0 Å². The van der Waals surface area contributed by atoms with Crippen molar-refractivity contribution in [1.29, 1.82) is 0 Å². The summed E-state index contributed by atoms with van der Waals surface area (Å²) in [7, 11) is 1.92. The molecule has 1 heterocycles. The van der Waals surface area contributed by atoms with E-state index in [1.807, 2.05) is 11.9 Å². The number of rotatable bonds is 5. The van der Waals surface area contributed by atoms with Crippen LogP contribution in [0.1, 0.15) is 19.3 Å². The van der Waals surface area contributed by atoms with Gasteiger partial charge in [-0.05, 0) is 44.5 Å². The van der Waals surface area contributed by atoms with Crippen LogP contribution >= 0.6 is 11.6 Å². The average Bonchev–Trinajstić information content (AvgIpc) is 2.43. The van der Waals surface area contributed by atoms with Gasteiger partial charge in [0, 0.05) is 18.8 Å². The second kappa shape index (κ2) is 7.64. The number of nitrogens with one attached hydrogen (secondary N) is 1. The predicted molar refractivity (Wildman–Crippen MR) is 85.6 cm³/mol. The van der Waals surface area contributed by atoms with E-state index in [-0.39, 0.29) is 12.0 Å². The van der Waals surface area contributed by atoms with Crippen LogP contribution in [-0.4, -0.2) is 43.7 Å². The number of anilines is 2.